The first kappa shape index (κ1) is 9.46. The summed E-state index contributed by atoms with van der Waals surface area (Å²) in [6.45, 7) is 3.05. The first-order valence-corrected chi connectivity index (χ1v) is 4.45. The van der Waals surface area contributed by atoms with Crippen molar-refractivity contribution in [3.05, 3.63) is 12.2 Å². The minimum Gasteiger partial charge on any atom is -0.382 e. The second-order valence-corrected chi connectivity index (χ2v) is 3.67. The minimum absolute atomic E-state index is 0.0174. The lowest BCUT2D eigenvalue weighted by atomic mass is 9.80. The van der Waals surface area contributed by atoms with Gasteiger partial charge in [-0.05, 0) is 33.1 Å². The van der Waals surface area contributed by atoms with Crippen LogP contribution in [0.25, 0.3) is 0 Å². The molecule has 1 aliphatic carbocycles. The van der Waals surface area contributed by atoms with Gasteiger partial charge in [-0.25, -0.2) is 0 Å². The van der Waals surface area contributed by atoms with Gasteiger partial charge in [0.15, 0.2) is 5.78 Å². The molecule has 0 heterocycles. The van der Waals surface area contributed by atoms with Crippen LogP contribution in [0.2, 0.25) is 0 Å². The Morgan fingerprint density at radius 3 is 2.75 bits per heavy atom. The second-order valence-electron chi connectivity index (χ2n) is 3.67. The van der Waals surface area contributed by atoms with Gasteiger partial charge in [0.05, 0.1) is 0 Å². The van der Waals surface area contributed by atoms with Crippen LogP contribution in [0.3, 0.4) is 0 Å². The van der Waals surface area contributed by atoms with Gasteiger partial charge in [-0.1, -0.05) is 12.2 Å². The molecule has 0 bridgehead atoms. The van der Waals surface area contributed by atoms with Crippen LogP contribution in [-0.4, -0.2) is 16.5 Å². The molecule has 2 nitrogen and oxygen atoms in total. The topological polar surface area (TPSA) is 37.3 Å². The largest absolute Gasteiger partial charge is 0.382 e. The van der Waals surface area contributed by atoms with Gasteiger partial charge in [0.1, 0.15) is 5.60 Å². The van der Waals surface area contributed by atoms with Crippen molar-refractivity contribution in [3.8, 4) is 0 Å². The molecule has 2 atom stereocenters. The maximum absolute atomic E-state index is 11.1. The van der Waals surface area contributed by atoms with E-state index in [0.29, 0.717) is 0 Å². The first-order valence-electron chi connectivity index (χ1n) is 4.45. The average molecular weight is 168 g/mol. The van der Waals surface area contributed by atoms with Crippen LogP contribution >= 0.6 is 0 Å². The lowest BCUT2D eigenvalue weighted by Gasteiger charge is -2.30. The Bertz CT molecular complexity index is 204. The molecule has 0 aromatic carbocycles. The average Bonchev–Trinajstić information content (AvgIpc) is 2.06. The van der Waals surface area contributed by atoms with E-state index in [2.05, 4.69) is 0 Å². The van der Waals surface area contributed by atoms with E-state index in [1.807, 2.05) is 12.2 Å². The SMILES string of the molecule is CC(=O)C(C)(O)C1C=CCCC1. The highest BCUT2D eigenvalue weighted by atomic mass is 16.3. The molecule has 0 aliphatic heterocycles. The minimum atomic E-state index is -1.16. The maximum Gasteiger partial charge on any atom is 0.161 e. The van der Waals surface area contributed by atoms with Crippen LogP contribution in [0, 0.1) is 5.92 Å². The monoisotopic (exact) mass is 168 g/mol. The second kappa shape index (κ2) is 3.40. The fraction of sp³-hybridized carbons (Fsp3) is 0.700. The Kier molecular flexibility index (Phi) is 2.68. The first-order chi connectivity index (χ1) is 5.55. The summed E-state index contributed by atoms with van der Waals surface area (Å²) in [6.07, 6.45) is 7.08. The van der Waals surface area contributed by atoms with Crippen molar-refractivity contribution in [3.63, 3.8) is 0 Å². The van der Waals surface area contributed by atoms with E-state index in [-0.39, 0.29) is 11.7 Å². The van der Waals surface area contributed by atoms with Crippen molar-refractivity contribution in [1.29, 1.82) is 0 Å². The molecule has 0 fully saturated rings. The van der Waals surface area contributed by atoms with Crippen molar-refractivity contribution in [2.24, 2.45) is 5.92 Å². The van der Waals surface area contributed by atoms with E-state index in [1.165, 1.54) is 6.92 Å². The lowest BCUT2D eigenvalue weighted by molar-refractivity contribution is -0.137. The Morgan fingerprint density at radius 1 is 1.67 bits per heavy atom. The molecule has 1 aliphatic rings. The zero-order chi connectivity index (χ0) is 9.19. The molecule has 0 saturated heterocycles. The van der Waals surface area contributed by atoms with Crippen LogP contribution in [0.4, 0.5) is 0 Å². The van der Waals surface area contributed by atoms with Crippen LogP contribution < -0.4 is 0 Å². The summed E-state index contributed by atoms with van der Waals surface area (Å²) < 4.78 is 0. The number of aliphatic hydroxyl groups is 1. The van der Waals surface area contributed by atoms with Gasteiger partial charge in [0.2, 0.25) is 0 Å². The van der Waals surface area contributed by atoms with Gasteiger partial charge in [-0.15, -0.1) is 0 Å². The Morgan fingerprint density at radius 2 is 2.33 bits per heavy atom. The normalized spacial score (nSPS) is 28.1. The third-order valence-electron chi connectivity index (χ3n) is 2.69. The number of carbonyl (C=O) groups excluding carboxylic acids is 1. The molecule has 0 aromatic heterocycles. The summed E-state index contributed by atoms with van der Waals surface area (Å²) in [5.74, 6) is -0.122. The smallest absolute Gasteiger partial charge is 0.161 e. The van der Waals surface area contributed by atoms with Gasteiger partial charge >= 0.3 is 0 Å². The van der Waals surface area contributed by atoms with Crippen LogP contribution in [0.15, 0.2) is 12.2 Å². The molecule has 2 heteroatoms. The predicted octanol–water partition coefficient (Wildman–Crippen LogP) is 1.68. The highest BCUT2D eigenvalue weighted by molar-refractivity contribution is 5.84. The lowest BCUT2D eigenvalue weighted by Crippen LogP contribution is -2.41. The van der Waals surface area contributed by atoms with E-state index in [9.17, 15) is 9.90 Å². The third kappa shape index (κ3) is 1.75. The van der Waals surface area contributed by atoms with Crippen molar-refractivity contribution in [2.45, 2.75) is 38.7 Å². The summed E-state index contributed by atoms with van der Waals surface area (Å²) in [5, 5.41) is 9.82. The molecule has 68 valence electrons. The molecule has 0 aromatic rings. The summed E-state index contributed by atoms with van der Waals surface area (Å²) >= 11 is 0. The summed E-state index contributed by atoms with van der Waals surface area (Å²) in [7, 11) is 0. The summed E-state index contributed by atoms with van der Waals surface area (Å²) in [4.78, 5) is 11.1. The van der Waals surface area contributed by atoms with Gasteiger partial charge in [0, 0.05) is 5.92 Å². The Labute approximate surface area is 73.3 Å². The zero-order valence-electron chi connectivity index (χ0n) is 7.71. The highest BCUT2D eigenvalue weighted by Gasteiger charge is 2.34. The third-order valence-corrected chi connectivity index (χ3v) is 2.69. The number of rotatable bonds is 2. The number of carbonyl (C=O) groups is 1. The van der Waals surface area contributed by atoms with Gasteiger partial charge in [0.25, 0.3) is 0 Å². The van der Waals surface area contributed by atoms with E-state index >= 15 is 0 Å². The molecule has 1 rings (SSSR count). The number of hydrogen-bond acceptors (Lipinski definition) is 2. The Hall–Kier alpha value is -0.630. The molecular formula is C10H16O2. The van der Waals surface area contributed by atoms with Crippen LogP contribution in [-0.2, 0) is 4.79 Å². The molecule has 0 amide bonds. The van der Waals surface area contributed by atoms with Crippen molar-refractivity contribution in [1.82, 2.24) is 0 Å². The fourth-order valence-corrected chi connectivity index (χ4v) is 1.54. The van der Waals surface area contributed by atoms with Gasteiger partial charge < -0.3 is 5.11 Å². The van der Waals surface area contributed by atoms with Crippen molar-refractivity contribution < 1.29 is 9.90 Å². The summed E-state index contributed by atoms with van der Waals surface area (Å²) in [6, 6.07) is 0. The van der Waals surface area contributed by atoms with Gasteiger partial charge in [-0.2, -0.15) is 0 Å². The predicted molar refractivity (Wildman–Crippen MR) is 47.8 cm³/mol. The van der Waals surface area contributed by atoms with E-state index in [1.54, 1.807) is 6.92 Å². The molecule has 0 spiro atoms. The Balaban J connectivity index is 2.73. The van der Waals surface area contributed by atoms with Crippen LogP contribution in [0.1, 0.15) is 33.1 Å². The zero-order valence-corrected chi connectivity index (χ0v) is 7.71. The van der Waals surface area contributed by atoms with E-state index in [0.717, 1.165) is 19.3 Å². The highest BCUT2D eigenvalue weighted by Crippen LogP contribution is 2.28. The summed E-state index contributed by atoms with van der Waals surface area (Å²) in [5.41, 5.74) is -1.16. The number of hydrogen-bond donors (Lipinski definition) is 1. The number of ketones is 1. The van der Waals surface area contributed by atoms with Crippen molar-refractivity contribution >= 4 is 5.78 Å². The van der Waals surface area contributed by atoms with Gasteiger partial charge in [-0.3, -0.25) is 4.79 Å². The molecule has 0 radical (unpaired) electrons. The number of Topliss-reactive ketones (excluding diaryl/α,β-unsaturated/α-hetero) is 1. The molecule has 12 heavy (non-hydrogen) atoms. The molecule has 0 saturated carbocycles. The standard InChI is InChI=1S/C10H16O2/c1-8(11)10(2,12)9-6-4-3-5-7-9/h4,6,9,12H,3,5,7H2,1-2H3. The van der Waals surface area contributed by atoms with E-state index < -0.39 is 5.60 Å². The molecule has 2 unspecified atom stereocenters. The quantitative estimate of drug-likeness (QED) is 0.637. The maximum atomic E-state index is 11.1. The van der Waals surface area contributed by atoms with Crippen LogP contribution in [0.5, 0.6) is 0 Å². The fourth-order valence-electron chi connectivity index (χ4n) is 1.54. The molecule has 1 N–H and O–H groups in total. The number of allylic oxidation sites excluding steroid dienone is 1. The van der Waals surface area contributed by atoms with Crippen molar-refractivity contribution in [2.75, 3.05) is 0 Å². The molecular weight excluding hydrogens is 152 g/mol. The van der Waals surface area contributed by atoms with E-state index in [4.69, 9.17) is 0 Å².